The predicted octanol–water partition coefficient (Wildman–Crippen LogP) is 1.54. The number of hydrogen-bond donors (Lipinski definition) is 0. The second kappa shape index (κ2) is 4.69. The highest BCUT2D eigenvalue weighted by Gasteiger charge is 2.20. The largest absolute Gasteiger partial charge is 0.465 e. The molecule has 0 saturated carbocycles. The van der Waals surface area contributed by atoms with E-state index in [1.807, 2.05) is 0 Å². The number of benzene rings is 1. The van der Waals surface area contributed by atoms with Gasteiger partial charge in [0.15, 0.2) is 11.6 Å². The van der Waals surface area contributed by atoms with Crippen LogP contribution in [0.5, 0.6) is 0 Å². The number of halogens is 2. The summed E-state index contributed by atoms with van der Waals surface area (Å²) in [5.74, 6) is -4.62. The van der Waals surface area contributed by atoms with E-state index >= 15 is 0 Å². The highest BCUT2D eigenvalue weighted by molar-refractivity contribution is 5.95. The summed E-state index contributed by atoms with van der Waals surface area (Å²) in [6, 6.07) is 1.52. The average molecular weight is 230 g/mol. The van der Waals surface area contributed by atoms with Gasteiger partial charge in [-0.2, -0.15) is 0 Å². The van der Waals surface area contributed by atoms with E-state index in [1.54, 1.807) is 0 Å². The van der Waals surface area contributed by atoms with Crippen LogP contribution in [0, 0.1) is 11.6 Å². The third-order valence-electron chi connectivity index (χ3n) is 1.85. The van der Waals surface area contributed by atoms with Gasteiger partial charge in [-0.05, 0) is 12.1 Å². The minimum absolute atomic E-state index is 0.262. The third kappa shape index (κ3) is 2.16. The van der Waals surface area contributed by atoms with Gasteiger partial charge in [0.25, 0.3) is 0 Å². The highest BCUT2D eigenvalue weighted by Crippen LogP contribution is 2.16. The summed E-state index contributed by atoms with van der Waals surface area (Å²) >= 11 is 0. The third-order valence-corrected chi connectivity index (χ3v) is 1.85. The molecule has 0 aromatic heterocycles. The van der Waals surface area contributed by atoms with E-state index in [-0.39, 0.29) is 5.56 Å². The Kier molecular flexibility index (Phi) is 3.55. The molecule has 0 aliphatic rings. The number of rotatable bonds is 2. The first-order valence-electron chi connectivity index (χ1n) is 4.17. The molecule has 0 saturated heterocycles. The van der Waals surface area contributed by atoms with Gasteiger partial charge in [-0.15, -0.1) is 0 Å². The van der Waals surface area contributed by atoms with Crippen LogP contribution in [0.1, 0.15) is 20.7 Å². The summed E-state index contributed by atoms with van der Waals surface area (Å²) in [4.78, 5) is 22.1. The minimum atomic E-state index is -1.36. The summed E-state index contributed by atoms with van der Waals surface area (Å²) in [7, 11) is 2.10. The molecule has 86 valence electrons. The maximum Gasteiger partial charge on any atom is 0.340 e. The van der Waals surface area contributed by atoms with Crippen molar-refractivity contribution in [3.63, 3.8) is 0 Å². The van der Waals surface area contributed by atoms with E-state index in [1.165, 1.54) is 0 Å². The Balaban J connectivity index is 3.33. The molecule has 0 radical (unpaired) electrons. The number of methoxy groups -OCH3 is 2. The minimum Gasteiger partial charge on any atom is -0.465 e. The molecule has 1 aromatic rings. The maximum atomic E-state index is 13.2. The number of hydrogen-bond acceptors (Lipinski definition) is 4. The average Bonchev–Trinajstić information content (AvgIpc) is 2.30. The van der Waals surface area contributed by atoms with Gasteiger partial charge in [0.05, 0.1) is 25.3 Å². The van der Waals surface area contributed by atoms with Crippen LogP contribution in [0.2, 0.25) is 0 Å². The first kappa shape index (κ1) is 12.1. The van der Waals surface area contributed by atoms with Gasteiger partial charge in [0.1, 0.15) is 0 Å². The monoisotopic (exact) mass is 230 g/mol. The van der Waals surface area contributed by atoms with Crippen LogP contribution in [0.3, 0.4) is 0 Å². The zero-order valence-electron chi connectivity index (χ0n) is 8.54. The van der Waals surface area contributed by atoms with E-state index < -0.39 is 29.1 Å². The zero-order chi connectivity index (χ0) is 12.3. The van der Waals surface area contributed by atoms with Crippen LogP contribution >= 0.6 is 0 Å². The second-order valence-electron chi connectivity index (χ2n) is 2.80. The van der Waals surface area contributed by atoms with Gasteiger partial charge in [-0.3, -0.25) is 0 Å². The lowest BCUT2D eigenvalue weighted by Crippen LogP contribution is -2.10. The van der Waals surface area contributed by atoms with Crippen molar-refractivity contribution >= 4 is 11.9 Å². The van der Waals surface area contributed by atoms with Crippen LogP contribution in [-0.4, -0.2) is 26.2 Å². The molecule has 0 spiro atoms. The zero-order valence-corrected chi connectivity index (χ0v) is 8.54. The van der Waals surface area contributed by atoms with Crippen molar-refractivity contribution in [3.05, 3.63) is 34.9 Å². The standard InChI is InChI=1S/C10H8F2O4/c1-15-9(13)5-3-6(10(14)16-2)8(12)7(11)4-5/h3-4H,1-2H3. The SMILES string of the molecule is COC(=O)c1cc(F)c(F)c(C(=O)OC)c1. The van der Waals surface area contributed by atoms with Crippen molar-refractivity contribution in [2.24, 2.45) is 0 Å². The molecule has 0 bridgehead atoms. The summed E-state index contributed by atoms with van der Waals surface area (Å²) in [5, 5.41) is 0. The number of esters is 2. The normalized spacial score (nSPS) is 9.75. The molecule has 1 aromatic carbocycles. The molecule has 0 atom stereocenters. The van der Waals surface area contributed by atoms with Crippen LogP contribution < -0.4 is 0 Å². The summed E-state index contributed by atoms with van der Waals surface area (Å²) < 4.78 is 34.8. The fourth-order valence-electron chi connectivity index (χ4n) is 1.08. The Morgan fingerprint density at radius 3 is 2.12 bits per heavy atom. The molecule has 16 heavy (non-hydrogen) atoms. The molecular formula is C10H8F2O4. The van der Waals surface area contributed by atoms with Crippen molar-refractivity contribution in [2.75, 3.05) is 14.2 Å². The number of ether oxygens (including phenoxy) is 2. The van der Waals surface area contributed by atoms with Gasteiger partial charge in [-0.25, -0.2) is 18.4 Å². The molecule has 0 unspecified atom stereocenters. The number of carbonyl (C=O) groups excluding carboxylic acids is 2. The first-order valence-corrected chi connectivity index (χ1v) is 4.17. The molecule has 0 fully saturated rings. The Morgan fingerprint density at radius 2 is 1.62 bits per heavy atom. The van der Waals surface area contributed by atoms with Crippen molar-refractivity contribution in [3.8, 4) is 0 Å². The molecule has 0 aliphatic carbocycles. The molecule has 1 rings (SSSR count). The fourth-order valence-corrected chi connectivity index (χ4v) is 1.08. The van der Waals surface area contributed by atoms with Crippen molar-refractivity contribution in [1.29, 1.82) is 0 Å². The van der Waals surface area contributed by atoms with E-state index in [9.17, 15) is 18.4 Å². The summed E-state index contributed by atoms with van der Waals surface area (Å²) in [6.45, 7) is 0. The van der Waals surface area contributed by atoms with Crippen molar-refractivity contribution in [2.45, 2.75) is 0 Å². The van der Waals surface area contributed by atoms with Crippen molar-refractivity contribution < 1.29 is 27.8 Å². The van der Waals surface area contributed by atoms with E-state index in [4.69, 9.17) is 0 Å². The Labute approximate surface area is 89.8 Å². The lowest BCUT2D eigenvalue weighted by atomic mass is 10.1. The van der Waals surface area contributed by atoms with Crippen LogP contribution in [0.4, 0.5) is 8.78 Å². The van der Waals surface area contributed by atoms with Gasteiger partial charge in [0.2, 0.25) is 0 Å². The molecule has 0 aliphatic heterocycles. The Bertz CT molecular complexity index is 443. The maximum absolute atomic E-state index is 13.2. The lowest BCUT2D eigenvalue weighted by molar-refractivity contribution is 0.0593. The van der Waals surface area contributed by atoms with Gasteiger partial charge >= 0.3 is 11.9 Å². The topological polar surface area (TPSA) is 52.6 Å². The van der Waals surface area contributed by atoms with E-state index in [0.717, 1.165) is 20.3 Å². The van der Waals surface area contributed by atoms with Gasteiger partial charge in [0, 0.05) is 0 Å². The van der Waals surface area contributed by atoms with Crippen LogP contribution in [-0.2, 0) is 9.47 Å². The quantitative estimate of drug-likeness (QED) is 0.723. The first-order chi connectivity index (χ1) is 7.51. The molecular weight excluding hydrogens is 222 g/mol. The molecule has 6 heteroatoms. The van der Waals surface area contributed by atoms with Crippen LogP contribution in [0.25, 0.3) is 0 Å². The van der Waals surface area contributed by atoms with Gasteiger partial charge < -0.3 is 9.47 Å². The Morgan fingerprint density at radius 1 is 1.06 bits per heavy atom. The predicted molar refractivity (Wildman–Crippen MR) is 49.0 cm³/mol. The smallest absolute Gasteiger partial charge is 0.340 e. The molecule has 0 amide bonds. The number of carbonyl (C=O) groups is 2. The molecule has 4 nitrogen and oxygen atoms in total. The molecule has 0 heterocycles. The highest BCUT2D eigenvalue weighted by atomic mass is 19.2. The van der Waals surface area contributed by atoms with Crippen molar-refractivity contribution in [1.82, 2.24) is 0 Å². The Hall–Kier alpha value is -1.98. The summed E-state index contributed by atoms with van der Waals surface area (Å²) in [6.07, 6.45) is 0. The lowest BCUT2D eigenvalue weighted by Gasteiger charge is -2.05. The summed E-state index contributed by atoms with van der Waals surface area (Å²) in [5.41, 5.74) is -0.912. The van der Waals surface area contributed by atoms with Crippen LogP contribution in [0.15, 0.2) is 12.1 Å². The van der Waals surface area contributed by atoms with E-state index in [2.05, 4.69) is 9.47 Å². The fraction of sp³-hybridized carbons (Fsp3) is 0.200. The van der Waals surface area contributed by atoms with E-state index in [0.29, 0.717) is 6.07 Å². The molecule has 0 N–H and O–H groups in total. The second-order valence-corrected chi connectivity index (χ2v) is 2.80. The van der Waals surface area contributed by atoms with Gasteiger partial charge in [-0.1, -0.05) is 0 Å².